The number of nitrogens with zero attached hydrogens (tertiary/aromatic N) is 4. The van der Waals surface area contributed by atoms with Gasteiger partial charge in [-0.05, 0) is 63.7 Å². The van der Waals surface area contributed by atoms with E-state index in [1.807, 2.05) is 36.4 Å². The van der Waals surface area contributed by atoms with E-state index < -0.39 is 5.41 Å². The summed E-state index contributed by atoms with van der Waals surface area (Å²) in [6.07, 6.45) is 0. The first-order valence-electron chi connectivity index (χ1n) is 19.0. The van der Waals surface area contributed by atoms with Crippen LogP contribution in [0, 0.1) is 0 Å². The van der Waals surface area contributed by atoms with Crippen LogP contribution in [0.3, 0.4) is 0 Å². The SMILES string of the molecule is c1ccc(-c2nc(-c3ccccc3)nc(-c3ccc4c(c3)C(c3ccccc3)(c3ccccc3)c3cc(-n5c6ccccc6c6ccccc65)ccc3-4)n2)cc1. The molecule has 2 heterocycles. The van der Waals surface area contributed by atoms with Crippen molar-refractivity contribution < 1.29 is 0 Å². The largest absolute Gasteiger partial charge is 0.309 e. The van der Waals surface area contributed by atoms with Gasteiger partial charge in [0, 0.05) is 33.2 Å². The molecule has 56 heavy (non-hydrogen) atoms. The van der Waals surface area contributed by atoms with Crippen molar-refractivity contribution in [3.63, 3.8) is 0 Å². The third kappa shape index (κ3) is 4.89. The van der Waals surface area contributed by atoms with Crippen LogP contribution in [0.15, 0.2) is 206 Å². The molecule has 0 N–H and O–H groups in total. The molecule has 10 aromatic rings. The summed E-state index contributed by atoms with van der Waals surface area (Å²) in [4.78, 5) is 15.3. The summed E-state index contributed by atoms with van der Waals surface area (Å²) in [6, 6.07) is 73.5. The van der Waals surface area contributed by atoms with Crippen LogP contribution in [-0.2, 0) is 5.41 Å². The van der Waals surface area contributed by atoms with Crippen molar-refractivity contribution in [3.05, 3.63) is 229 Å². The number of para-hydroxylation sites is 2. The van der Waals surface area contributed by atoms with Crippen molar-refractivity contribution in [2.24, 2.45) is 0 Å². The number of aromatic nitrogens is 4. The van der Waals surface area contributed by atoms with E-state index in [-0.39, 0.29) is 0 Å². The second-order valence-electron chi connectivity index (χ2n) is 14.4. The highest BCUT2D eigenvalue weighted by Gasteiger charge is 2.46. The highest BCUT2D eigenvalue weighted by molar-refractivity contribution is 6.09. The van der Waals surface area contributed by atoms with Crippen molar-refractivity contribution in [3.8, 4) is 51.0 Å². The molecule has 0 saturated heterocycles. The molecule has 0 fully saturated rings. The highest BCUT2D eigenvalue weighted by atomic mass is 15.0. The Hall–Kier alpha value is -7.43. The van der Waals surface area contributed by atoms with E-state index in [9.17, 15) is 0 Å². The van der Waals surface area contributed by atoms with E-state index in [4.69, 9.17) is 15.0 Å². The Morgan fingerprint density at radius 1 is 0.339 bits per heavy atom. The molecule has 2 aromatic heterocycles. The van der Waals surface area contributed by atoms with Crippen LogP contribution in [0.2, 0.25) is 0 Å². The number of fused-ring (bicyclic) bond motifs is 6. The van der Waals surface area contributed by atoms with Crippen LogP contribution in [0.4, 0.5) is 0 Å². The van der Waals surface area contributed by atoms with Gasteiger partial charge in [-0.25, -0.2) is 15.0 Å². The molecule has 11 rings (SSSR count). The van der Waals surface area contributed by atoms with Crippen molar-refractivity contribution in [2.45, 2.75) is 5.41 Å². The molecule has 0 saturated carbocycles. The van der Waals surface area contributed by atoms with Gasteiger partial charge in [0.1, 0.15) is 0 Å². The number of hydrogen-bond acceptors (Lipinski definition) is 3. The molecule has 0 amide bonds. The third-order valence-electron chi connectivity index (χ3n) is 11.3. The molecule has 8 aromatic carbocycles. The number of rotatable bonds is 6. The van der Waals surface area contributed by atoms with Gasteiger partial charge in [0.25, 0.3) is 0 Å². The first-order chi connectivity index (χ1) is 27.8. The fourth-order valence-electron chi connectivity index (χ4n) is 8.89. The molecule has 0 radical (unpaired) electrons. The minimum absolute atomic E-state index is 0.629. The summed E-state index contributed by atoms with van der Waals surface area (Å²) >= 11 is 0. The first-order valence-corrected chi connectivity index (χ1v) is 19.0. The molecule has 1 aliphatic rings. The molecule has 0 aliphatic heterocycles. The zero-order valence-electron chi connectivity index (χ0n) is 30.4. The van der Waals surface area contributed by atoms with Crippen molar-refractivity contribution in [1.82, 2.24) is 19.5 Å². The van der Waals surface area contributed by atoms with E-state index >= 15 is 0 Å². The lowest BCUT2D eigenvalue weighted by atomic mass is 9.67. The Morgan fingerprint density at radius 3 is 1.27 bits per heavy atom. The smallest absolute Gasteiger partial charge is 0.164 e. The molecule has 0 atom stereocenters. The maximum atomic E-state index is 5.15. The lowest BCUT2D eigenvalue weighted by Gasteiger charge is -2.34. The number of hydrogen-bond donors (Lipinski definition) is 0. The Labute approximate surface area is 325 Å². The maximum absolute atomic E-state index is 5.15. The Balaban J connectivity index is 1.19. The predicted octanol–water partition coefficient (Wildman–Crippen LogP) is 12.3. The highest BCUT2D eigenvalue weighted by Crippen LogP contribution is 2.57. The van der Waals surface area contributed by atoms with Crippen molar-refractivity contribution >= 4 is 21.8 Å². The Kier molecular flexibility index (Phi) is 7.36. The maximum Gasteiger partial charge on any atom is 0.164 e. The normalized spacial score (nSPS) is 12.8. The van der Waals surface area contributed by atoms with Crippen LogP contribution < -0.4 is 0 Å². The topological polar surface area (TPSA) is 43.6 Å². The molecule has 262 valence electrons. The van der Waals surface area contributed by atoms with E-state index in [0.29, 0.717) is 17.5 Å². The molecular formula is C52H34N4. The van der Waals surface area contributed by atoms with Crippen molar-refractivity contribution in [1.29, 1.82) is 0 Å². The monoisotopic (exact) mass is 714 g/mol. The first kappa shape index (κ1) is 32.0. The minimum atomic E-state index is -0.629. The Morgan fingerprint density at radius 2 is 0.750 bits per heavy atom. The van der Waals surface area contributed by atoms with E-state index in [1.54, 1.807) is 0 Å². The van der Waals surface area contributed by atoms with E-state index in [0.717, 1.165) is 22.4 Å². The van der Waals surface area contributed by atoms with Crippen LogP contribution >= 0.6 is 0 Å². The van der Waals surface area contributed by atoms with Gasteiger partial charge in [-0.1, -0.05) is 176 Å². The summed E-state index contributed by atoms with van der Waals surface area (Å²) in [7, 11) is 0. The van der Waals surface area contributed by atoms with Crippen LogP contribution in [0.25, 0.3) is 72.8 Å². The molecule has 0 unspecified atom stereocenters. The molecule has 1 aliphatic carbocycles. The summed E-state index contributed by atoms with van der Waals surface area (Å²) in [5, 5.41) is 2.49. The average molecular weight is 715 g/mol. The van der Waals surface area contributed by atoms with Crippen LogP contribution in [-0.4, -0.2) is 19.5 Å². The van der Waals surface area contributed by atoms with E-state index in [2.05, 4.69) is 174 Å². The van der Waals surface area contributed by atoms with Gasteiger partial charge in [-0.3, -0.25) is 0 Å². The molecule has 4 heteroatoms. The molecule has 0 bridgehead atoms. The van der Waals surface area contributed by atoms with Crippen molar-refractivity contribution in [2.75, 3.05) is 0 Å². The fraction of sp³-hybridized carbons (Fsp3) is 0.0192. The second kappa shape index (κ2) is 12.9. The van der Waals surface area contributed by atoms with Gasteiger partial charge in [0.15, 0.2) is 17.5 Å². The molecule has 4 nitrogen and oxygen atoms in total. The zero-order chi connectivity index (χ0) is 37.1. The third-order valence-corrected chi connectivity index (χ3v) is 11.3. The lowest BCUT2D eigenvalue weighted by molar-refractivity contribution is 0.767. The summed E-state index contributed by atoms with van der Waals surface area (Å²) in [6.45, 7) is 0. The van der Waals surface area contributed by atoms with E-state index in [1.165, 1.54) is 55.2 Å². The standard InChI is InChI=1S/C52H34N4/c1-5-17-35(18-6-1)49-53-50(36-19-7-2-8-20-36)55-51(54-49)37-29-31-41-42-32-30-40(56-47-27-15-13-25-43(47)44-26-14-16-28-48(44)56)34-46(42)52(45(41)33-37,38-21-9-3-10-22-38)39-23-11-4-12-24-39/h1-34H. The summed E-state index contributed by atoms with van der Waals surface area (Å²) in [5.74, 6) is 1.93. The van der Waals surface area contributed by atoms with Gasteiger partial charge in [-0.15, -0.1) is 0 Å². The second-order valence-corrected chi connectivity index (χ2v) is 14.4. The fourth-order valence-corrected chi connectivity index (χ4v) is 8.89. The van der Waals surface area contributed by atoms with Gasteiger partial charge < -0.3 is 4.57 Å². The number of benzene rings is 8. The zero-order valence-corrected chi connectivity index (χ0v) is 30.4. The van der Waals surface area contributed by atoms with Crippen LogP contribution in [0.5, 0.6) is 0 Å². The quantitative estimate of drug-likeness (QED) is 0.172. The molecular weight excluding hydrogens is 681 g/mol. The lowest BCUT2D eigenvalue weighted by Crippen LogP contribution is -2.28. The van der Waals surface area contributed by atoms with Crippen LogP contribution in [0.1, 0.15) is 22.3 Å². The van der Waals surface area contributed by atoms with Gasteiger partial charge in [0.05, 0.1) is 16.4 Å². The van der Waals surface area contributed by atoms with Gasteiger partial charge in [-0.2, -0.15) is 0 Å². The Bertz CT molecular complexity index is 2910. The average Bonchev–Trinajstić information content (AvgIpc) is 3.77. The molecule has 0 spiro atoms. The summed E-state index contributed by atoms with van der Waals surface area (Å²) < 4.78 is 2.42. The van der Waals surface area contributed by atoms with Gasteiger partial charge in [0.2, 0.25) is 0 Å². The van der Waals surface area contributed by atoms with Gasteiger partial charge >= 0.3 is 0 Å². The predicted molar refractivity (Wildman–Crippen MR) is 228 cm³/mol. The minimum Gasteiger partial charge on any atom is -0.309 e. The summed E-state index contributed by atoms with van der Waals surface area (Å²) in [5.41, 5.74) is 13.0.